The molecule has 110 valence electrons. The van der Waals surface area contributed by atoms with E-state index in [-0.39, 0.29) is 12.6 Å². The van der Waals surface area contributed by atoms with Crippen LogP contribution in [0.1, 0.15) is 25.0 Å². The zero-order valence-electron chi connectivity index (χ0n) is 11.5. The molecule has 0 unspecified atom stereocenters. The minimum Gasteiger partial charge on any atom is -0.368 e. The molecule has 1 aromatic carbocycles. The summed E-state index contributed by atoms with van der Waals surface area (Å²) in [5, 5.41) is 0. The molecule has 1 atom stereocenters. The van der Waals surface area contributed by atoms with E-state index >= 15 is 0 Å². The van der Waals surface area contributed by atoms with Crippen LogP contribution in [0.25, 0.3) is 0 Å². The molecule has 0 saturated heterocycles. The van der Waals surface area contributed by atoms with E-state index in [0.29, 0.717) is 6.42 Å². The summed E-state index contributed by atoms with van der Waals surface area (Å²) >= 11 is 0. The number of hydrogen-bond acceptors (Lipinski definition) is 3. The lowest BCUT2D eigenvalue weighted by Crippen LogP contribution is -2.55. The molecule has 0 fully saturated rings. The van der Waals surface area contributed by atoms with Crippen molar-refractivity contribution in [2.24, 2.45) is 5.73 Å². The van der Waals surface area contributed by atoms with Crippen LogP contribution in [0.3, 0.4) is 0 Å². The molecule has 1 heterocycles. The first kappa shape index (κ1) is 15.0. The van der Waals surface area contributed by atoms with E-state index in [4.69, 9.17) is 5.73 Å². The van der Waals surface area contributed by atoms with Gasteiger partial charge >= 0.3 is 0 Å². The van der Waals surface area contributed by atoms with Crippen molar-refractivity contribution in [2.75, 3.05) is 0 Å². The molecule has 0 saturated carbocycles. The highest BCUT2D eigenvalue weighted by atomic mass is 32.2. The average molecular weight is 297 g/mol. The van der Waals surface area contributed by atoms with Gasteiger partial charge in [-0.3, -0.25) is 4.79 Å². The van der Waals surface area contributed by atoms with Crippen molar-refractivity contribution >= 4 is 16.1 Å². The first-order valence-corrected chi connectivity index (χ1v) is 7.90. The molecule has 3 N–H and O–H groups in total. The minimum absolute atomic E-state index is 0.159. The summed E-state index contributed by atoms with van der Waals surface area (Å²) in [7, 11) is -3.74. The standard InChI is InChI=1S/C13H19N3O3S/c1-9(2)15-20(18,19)16-8-11-6-4-3-5-10(11)7-12(16)13(14)17/h3-6,9,12,15H,7-8H2,1-2H3,(H2,14,17)/t12-/m0/s1. The lowest BCUT2D eigenvalue weighted by molar-refractivity contribution is -0.122. The first-order chi connectivity index (χ1) is 9.31. The number of nitrogens with one attached hydrogen (secondary N) is 1. The molecule has 2 rings (SSSR count). The zero-order valence-corrected chi connectivity index (χ0v) is 12.4. The lowest BCUT2D eigenvalue weighted by atomic mass is 9.96. The molecule has 20 heavy (non-hydrogen) atoms. The maximum absolute atomic E-state index is 12.3. The minimum atomic E-state index is -3.74. The Balaban J connectivity index is 2.39. The summed E-state index contributed by atoms with van der Waals surface area (Å²) in [6.07, 6.45) is 0.310. The Morgan fingerprint density at radius 3 is 2.50 bits per heavy atom. The average Bonchev–Trinajstić information content (AvgIpc) is 2.35. The Labute approximate surface area is 119 Å². The normalized spacial score (nSPS) is 19.9. The molecule has 0 radical (unpaired) electrons. The molecule has 1 aliphatic rings. The van der Waals surface area contributed by atoms with E-state index in [9.17, 15) is 13.2 Å². The van der Waals surface area contributed by atoms with Crippen molar-refractivity contribution in [2.45, 2.75) is 38.9 Å². The predicted molar refractivity (Wildman–Crippen MR) is 75.9 cm³/mol. The third-order valence-corrected chi connectivity index (χ3v) is 5.00. The van der Waals surface area contributed by atoms with Gasteiger partial charge in [0.05, 0.1) is 0 Å². The molecule has 0 spiro atoms. The Hall–Kier alpha value is -1.44. The van der Waals surface area contributed by atoms with Crippen LogP contribution in [0.2, 0.25) is 0 Å². The van der Waals surface area contributed by atoms with Crippen molar-refractivity contribution in [3.63, 3.8) is 0 Å². The Bertz CT molecular complexity index is 613. The Morgan fingerprint density at radius 2 is 1.95 bits per heavy atom. The number of rotatable bonds is 4. The number of carbonyl (C=O) groups is 1. The van der Waals surface area contributed by atoms with Gasteiger partial charge in [-0.15, -0.1) is 0 Å². The van der Waals surface area contributed by atoms with Crippen molar-refractivity contribution < 1.29 is 13.2 Å². The van der Waals surface area contributed by atoms with Gasteiger partial charge in [-0.05, 0) is 31.4 Å². The monoisotopic (exact) mass is 297 g/mol. The predicted octanol–water partition coefficient (Wildman–Crippen LogP) is 0.141. The Morgan fingerprint density at radius 1 is 1.35 bits per heavy atom. The van der Waals surface area contributed by atoms with Gasteiger partial charge in [-0.25, -0.2) is 0 Å². The van der Waals surface area contributed by atoms with E-state index in [2.05, 4.69) is 4.72 Å². The van der Waals surface area contributed by atoms with Crippen molar-refractivity contribution in [1.29, 1.82) is 0 Å². The number of nitrogens with two attached hydrogens (primary N) is 1. The zero-order chi connectivity index (χ0) is 14.9. The van der Waals surface area contributed by atoms with E-state index in [1.807, 2.05) is 24.3 Å². The van der Waals surface area contributed by atoms with Crippen LogP contribution in [0, 0.1) is 0 Å². The summed E-state index contributed by atoms with van der Waals surface area (Å²) in [5.41, 5.74) is 7.24. The van der Waals surface area contributed by atoms with Crippen molar-refractivity contribution in [3.8, 4) is 0 Å². The van der Waals surface area contributed by atoms with Gasteiger partial charge in [0.1, 0.15) is 6.04 Å². The van der Waals surface area contributed by atoms with Crippen LogP contribution in [0.15, 0.2) is 24.3 Å². The van der Waals surface area contributed by atoms with Gasteiger partial charge in [0, 0.05) is 12.6 Å². The lowest BCUT2D eigenvalue weighted by Gasteiger charge is -2.34. The van der Waals surface area contributed by atoms with E-state index in [1.54, 1.807) is 13.8 Å². The molecular weight excluding hydrogens is 278 g/mol. The molecule has 7 heteroatoms. The topological polar surface area (TPSA) is 92.5 Å². The van der Waals surface area contributed by atoms with Gasteiger partial charge in [0.25, 0.3) is 10.2 Å². The van der Waals surface area contributed by atoms with E-state index in [0.717, 1.165) is 15.4 Å². The fourth-order valence-corrected chi connectivity index (χ4v) is 3.91. The van der Waals surface area contributed by atoms with Crippen LogP contribution in [-0.2, 0) is 28.0 Å². The highest BCUT2D eigenvalue weighted by molar-refractivity contribution is 7.87. The van der Waals surface area contributed by atoms with Crippen LogP contribution in [0.4, 0.5) is 0 Å². The Kier molecular flexibility index (Phi) is 4.12. The van der Waals surface area contributed by atoms with E-state index < -0.39 is 22.2 Å². The third-order valence-electron chi connectivity index (χ3n) is 3.23. The van der Waals surface area contributed by atoms with Gasteiger partial charge < -0.3 is 5.73 Å². The molecule has 1 aliphatic heterocycles. The third kappa shape index (κ3) is 3.00. The number of benzene rings is 1. The fraction of sp³-hybridized carbons (Fsp3) is 0.462. The maximum Gasteiger partial charge on any atom is 0.280 e. The van der Waals surface area contributed by atoms with Crippen LogP contribution in [-0.4, -0.2) is 30.7 Å². The van der Waals surface area contributed by atoms with Gasteiger partial charge in [0.15, 0.2) is 0 Å². The summed E-state index contributed by atoms with van der Waals surface area (Å²) in [5.74, 6) is -0.631. The fourth-order valence-electron chi connectivity index (χ4n) is 2.36. The number of carbonyl (C=O) groups excluding carboxylic acids is 1. The van der Waals surface area contributed by atoms with Gasteiger partial charge in [-0.2, -0.15) is 17.4 Å². The number of amides is 1. The van der Waals surface area contributed by atoms with Crippen molar-refractivity contribution in [3.05, 3.63) is 35.4 Å². The molecule has 1 aromatic rings. The number of fused-ring (bicyclic) bond motifs is 1. The van der Waals surface area contributed by atoms with Crippen LogP contribution in [0.5, 0.6) is 0 Å². The van der Waals surface area contributed by atoms with Gasteiger partial charge in [-0.1, -0.05) is 24.3 Å². The molecule has 0 aromatic heterocycles. The van der Waals surface area contributed by atoms with Gasteiger partial charge in [0.2, 0.25) is 5.91 Å². The van der Waals surface area contributed by atoms with Crippen LogP contribution >= 0.6 is 0 Å². The number of nitrogens with zero attached hydrogens (tertiary/aromatic N) is 1. The second kappa shape index (κ2) is 5.51. The number of hydrogen-bond donors (Lipinski definition) is 2. The summed E-state index contributed by atoms with van der Waals surface area (Å²) < 4.78 is 28.3. The second-order valence-corrected chi connectivity index (χ2v) is 6.87. The molecular formula is C13H19N3O3S. The second-order valence-electron chi connectivity index (χ2n) is 5.21. The maximum atomic E-state index is 12.3. The number of primary amides is 1. The largest absolute Gasteiger partial charge is 0.368 e. The molecule has 0 bridgehead atoms. The highest BCUT2D eigenvalue weighted by Gasteiger charge is 2.37. The first-order valence-electron chi connectivity index (χ1n) is 6.46. The highest BCUT2D eigenvalue weighted by Crippen LogP contribution is 2.25. The van der Waals surface area contributed by atoms with E-state index in [1.165, 1.54) is 0 Å². The summed E-state index contributed by atoms with van der Waals surface area (Å²) in [6, 6.07) is 6.39. The van der Waals surface area contributed by atoms with Crippen molar-refractivity contribution in [1.82, 2.24) is 9.03 Å². The summed E-state index contributed by atoms with van der Waals surface area (Å²) in [6.45, 7) is 3.62. The summed E-state index contributed by atoms with van der Waals surface area (Å²) in [4.78, 5) is 11.6. The molecule has 1 amide bonds. The molecule has 0 aliphatic carbocycles. The smallest absolute Gasteiger partial charge is 0.280 e. The SMILES string of the molecule is CC(C)NS(=O)(=O)N1Cc2ccccc2C[C@H]1C(N)=O. The molecule has 6 nitrogen and oxygen atoms in total. The van der Waals surface area contributed by atoms with Crippen LogP contribution < -0.4 is 10.5 Å². The quantitative estimate of drug-likeness (QED) is 0.828.